The van der Waals surface area contributed by atoms with Crippen molar-refractivity contribution in [3.05, 3.63) is 34.6 Å². The van der Waals surface area contributed by atoms with Gasteiger partial charge in [0.15, 0.2) is 0 Å². The molecule has 0 aromatic heterocycles. The molecule has 0 aliphatic rings. The second-order valence-electron chi connectivity index (χ2n) is 2.89. The van der Waals surface area contributed by atoms with Crippen molar-refractivity contribution in [3.8, 4) is 0 Å². The fourth-order valence-corrected chi connectivity index (χ4v) is 1.23. The summed E-state index contributed by atoms with van der Waals surface area (Å²) in [6.45, 7) is -1.53. The molecule has 0 atom stereocenters. The Morgan fingerprint density at radius 3 is 2.50 bits per heavy atom. The molecule has 1 N–H and O–H groups in total. The maximum absolute atomic E-state index is 13.1. The molecule has 0 fully saturated rings. The van der Waals surface area contributed by atoms with Crippen molar-refractivity contribution in [3.63, 3.8) is 0 Å². The first-order valence-electron chi connectivity index (χ1n) is 4.10. The van der Waals surface area contributed by atoms with Crippen LogP contribution >= 0.6 is 11.6 Å². The van der Waals surface area contributed by atoms with E-state index < -0.39 is 30.0 Å². The normalized spacial score (nSPS) is 11.3. The summed E-state index contributed by atoms with van der Waals surface area (Å²) in [6, 6.07) is 3.40. The lowest BCUT2D eigenvalue weighted by atomic mass is 10.2. The van der Waals surface area contributed by atoms with Gasteiger partial charge in [0.2, 0.25) is 0 Å². The monoisotopic (exact) mass is 255 g/mol. The van der Waals surface area contributed by atoms with Gasteiger partial charge < -0.3 is 5.32 Å². The molecule has 7 heteroatoms. The molecule has 88 valence electrons. The summed E-state index contributed by atoms with van der Waals surface area (Å²) in [5.41, 5.74) is -0.589. The molecule has 0 bridgehead atoms. The van der Waals surface area contributed by atoms with Gasteiger partial charge in [-0.25, -0.2) is 4.39 Å². The van der Waals surface area contributed by atoms with E-state index in [0.717, 1.165) is 6.07 Å². The minimum absolute atomic E-state index is 0.236. The highest BCUT2D eigenvalue weighted by Gasteiger charge is 2.28. The van der Waals surface area contributed by atoms with E-state index in [1.54, 1.807) is 0 Å². The van der Waals surface area contributed by atoms with Crippen molar-refractivity contribution >= 4 is 17.5 Å². The lowest BCUT2D eigenvalue weighted by Crippen LogP contribution is -2.34. The van der Waals surface area contributed by atoms with Gasteiger partial charge in [0.1, 0.15) is 12.4 Å². The van der Waals surface area contributed by atoms with Crippen LogP contribution in [0.5, 0.6) is 0 Å². The fraction of sp³-hybridized carbons (Fsp3) is 0.222. The molecule has 0 unspecified atom stereocenters. The summed E-state index contributed by atoms with van der Waals surface area (Å²) in [7, 11) is 0. The number of benzene rings is 1. The third-order valence-corrected chi connectivity index (χ3v) is 1.95. The Morgan fingerprint density at radius 2 is 2.00 bits per heavy atom. The molecule has 0 saturated carbocycles. The molecule has 0 aliphatic heterocycles. The third kappa shape index (κ3) is 3.37. The zero-order valence-corrected chi connectivity index (χ0v) is 8.49. The van der Waals surface area contributed by atoms with Crippen molar-refractivity contribution in [2.75, 3.05) is 6.54 Å². The quantitative estimate of drug-likeness (QED) is 0.809. The SMILES string of the molecule is O=C(NCC(F)(F)F)c1c(F)cccc1Cl. The number of carbonyl (C=O) groups excluding carboxylic acids is 1. The average molecular weight is 256 g/mol. The molecule has 0 aliphatic carbocycles. The van der Waals surface area contributed by atoms with Crippen LogP contribution in [0.1, 0.15) is 10.4 Å². The fourth-order valence-electron chi connectivity index (χ4n) is 0.984. The van der Waals surface area contributed by atoms with Crippen molar-refractivity contribution in [2.45, 2.75) is 6.18 Å². The number of hydrogen-bond acceptors (Lipinski definition) is 1. The summed E-state index contributed by atoms with van der Waals surface area (Å²) in [6.07, 6.45) is -4.55. The summed E-state index contributed by atoms with van der Waals surface area (Å²) >= 11 is 5.49. The van der Waals surface area contributed by atoms with Crippen LogP contribution in [0.15, 0.2) is 18.2 Å². The predicted octanol–water partition coefficient (Wildman–Crippen LogP) is 2.77. The molecule has 2 nitrogen and oxygen atoms in total. The maximum atomic E-state index is 13.1. The van der Waals surface area contributed by atoms with Gasteiger partial charge in [0.05, 0.1) is 10.6 Å². The van der Waals surface area contributed by atoms with Crippen molar-refractivity contribution < 1.29 is 22.4 Å². The second-order valence-corrected chi connectivity index (χ2v) is 3.30. The van der Waals surface area contributed by atoms with Crippen LogP contribution < -0.4 is 5.32 Å². The number of alkyl halides is 3. The Morgan fingerprint density at radius 1 is 1.38 bits per heavy atom. The molecule has 0 spiro atoms. The molecule has 1 aromatic carbocycles. The molecule has 0 radical (unpaired) electrons. The lowest BCUT2D eigenvalue weighted by Gasteiger charge is -2.09. The van der Waals surface area contributed by atoms with Gasteiger partial charge in [0, 0.05) is 0 Å². The topological polar surface area (TPSA) is 29.1 Å². The number of halogens is 5. The molecule has 0 heterocycles. The molecule has 1 rings (SSSR count). The van der Waals surface area contributed by atoms with E-state index in [1.807, 2.05) is 0 Å². The Hall–Kier alpha value is -1.30. The number of nitrogens with one attached hydrogen (secondary N) is 1. The highest BCUT2D eigenvalue weighted by molar-refractivity contribution is 6.33. The Bertz CT molecular complexity index is 385. The molecular weight excluding hydrogens is 250 g/mol. The Balaban J connectivity index is 2.81. The Labute approximate surface area is 93.2 Å². The van der Waals surface area contributed by atoms with E-state index in [0.29, 0.717) is 0 Å². The van der Waals surface area contributed by atoms with Crippen LogP contribution in [0.3, 0.4) is 0 Å². The van der Waals surface area contributed by atoms with Gasteiger partial charge in [0.25, 0.3) is 5.91 Å². The average Bonchev–Trinajstić information content (AvgIpc) is 2.13. The van der Waals surface area contributed by atoms with Gasteiger partial charge >= 0.3 is 6.18 Å². The summed E-state index contributed by atoms with van der Waals surface area (Å²) < 4.78 is 48.5. The van der Waals surface area contributed by atoms with E-state index in [1.165, 1.54) is 17.4 Å². The number of hydrogen-bond donors (Lipinski definition) is 1. The van der Waals surface area contributed by atoms with Gasteiger partial charge in [-0.15, -0.1) is 0 Å². The van der Waals surface area contributed by atoms with Crippen LogP contribution in [0.2, 0.25) is 5.02 Å². The maximum Gasteiger partial charge on any atom is 0.405 e. The van der Waals surface area contributed by atoms with Crippen LogP contribution in [0, 0.1) is 5.82 Å². The zero-order chi connectivity index (χ0) is 12.3. The molecule has 1 aromatic rings. The van der Waals surface area contributed by atoms with Gasteiger partial charge in [-0.3, -0.25) is 4.79 Å². The first-order valence-corrected chi connectivity index (χ1v) is 4.48. The molecule has 0 saturated heterocycles. The number of amides is 1. The zero-order valence-electron chi connectivity index (χ0n) is 7.74. The first-order chi connectivity index (χ1) is 7.31. The van der Waals surface area contributed by atoms with Gasteiger partial charge in [-0.2, -0.15) is 13.2 Å². The van der Waals surface area contributed by atoms with Crippen LogP contribution in [-0.2, 0) is 0 Å². The molecule has 1 amide bonds. The van der Waals surface area contributed by atoms with Gasteiger partial charge in [-0.05, 0) is 12.1 Å². The minimum atomic E-state index is -4.55. The third-order valence-electron chi connectivity index (χ3n) is 1.64. The summed E-state index contributed by atoms with van der Waals surface area (Å²) in [4.78, 5) is 11.2. The highest BCUT2D eigenvalue weighted by Crippen LogP contribution is 2.19. The van der Waals surface area contributed by atoms with Crippen molar-refractivity contribution in [1.82, 2.24) is 5.32 Å². The predicted molar refractivity (Wildman–Crippen MR) is 49.8 cm³/mol. The van der Waals surface area contributed by atoms with Crippen LogP contribution in [0.4, 0.5) is 17.6 Å². The van der Waals surface area contributed by atoms with Crippen LogP contribution in [-0.4, -0.2) is 18.6 Å². The van der Waals surface area contributed by atoms with Crippen molar-refractivity contribution in [1.29, 1.82) is 0 Å². The highest BCUT2D eigenvalue weighted by atomic mass is 35.5. The minimum Gasteiger partial charge on any atom is -0.343 e. The first kappa shape index (κ1) is 12.8. The number of carbonyl (C=O) groups is 1. The smallest absolute Gasteiger partial charge is 0.343 e. The van der Waals surface area contributed by atoms with Crippen LogP contribution in [0.25, 0.3) is 0 Å². The summed E-state index contributed by atoms with van der Waals surface area (Å²) in [5.74, 6) is -2.16. The summed E-state index contributed by atoms with van der Waals surface area (Å²) in [5, 5.41) is 1.30. The van der Waals surface area contributed by atoms with E-state index in [2.05, 4.69) is 0 Å². The molecule has 16 heavy (non-hydrogen) atoms. The molecular formula is C9H6ClF4NO. The Kier molecular flexibility index (Phi) is 3.74. The van der Waals surface area contributed by atoms with Gasteiger partial charge in [-0.1, -0.05) is 17.7 Å². The number of rotatable bonds is 2. The van der Waals surface area contributed by atoms with E-state index in [4.69, 9.17) is 11.6 Å². The van der Waals surface area contributed by atoms with E-state index >= 15 is 0 Å². The lowest BCUT2D eigenvalue weighted by molar-refractivity contribution is -0.123. The second kappa shape index (κ2) is 4.69. The standard InChI is InChI=1S/C9H6ClF4NO/c10-5-2-1-3-6(11)7(5)8(16)15-4-9(12,13)14/h1-3H,4H2,(H,15,16). The van der Waals surface area contributed by atoms with E-state index in [-0.39, 0.29) is 5.02 Å². The van der Waals surface area contributed by atoms with E-state index in [9.17, 15) is 22.4 Å². The largest absolute Gasteiger partial charge is 0.405 e. The van der Waals surface area contributed by atoms with Crippen molar-refractivity contribution in [2.24, 2.45) is 0 Å².